The smallest absolute Gasteiger partial charge is 0.239 e. The van der Waals surface area contributed by atoms with E-state index in [0.717, 1.165) is 12.0 Å². The third kappa shape index (κ3) is 7.11. The first-order chi connectivity index (χ1) is 10.0. The van der Waals surface area contributed by atoms with E-state index in [1.165, 1.54) is 0 Å². The number of carbonyl (C=O) groups is 2. The zero-order chi connectivity index (χ0) is 15.7. The Morgan fingerprint density at radius 2 is 1.90 bits per heavy atom. The van der Waals surface area contributed by atoms with Crippen LogP contribution in [-0.4, -0.2) is 31.4 Å². The van der Waals surface area contributed by atoms with Gasteiger partial charge in [0.15, 0.2) is 0 Å². The average molecular weight is 312 g/mol. The summed E-state index contributed by atoms with van der Waals surface area (Å²) in [6.45, 7) is 4.70. The molecule has 6 heteroatoms. The number of amides is 2. The van der Waals surface area contributed by atoms with Crippen molar-refractivity contribution in [1.29, 1.82) is 0 Å². The van der Waals surface area contributed by atoms with Crippen molar-refractivity contribution in [2.75, 3.05) is 19.6 Å². The van der Waals surface area contributed by atoms with Crippen molar-refractivity contribution in [3.8, 4) is 0 Å². The molecule has 116 valence electrons. The molecule has 0 spiro atoms. The number of halogens is 1. The molecule has 21 heavy (non-hydrogen) atoms. The molecule has 1 atom stereocenters. The first-order valence-electron chi connectivity index (χ1n) is 7.05. The Labute approximate surface area is 130 Å². The molecule has 0 saturated carbocycles. The average Bonchev–Trinajstić information content (AvgIpc) is 2.48. The van der Waals surface area contributed by atoms with Crippen LogP contribution in [0.5, 0.6) is 0 Å². The van der Waals surface area contributed by atoms with E-state index in [1.54, 1.807) is 6.07 Å². The normalized spacial score (nSPS) is 11.8. The number of benzene rings is 1. The molecular formula is C15H22ClN3O2. The lowest BCUT2D eigenvalue weighted by Crippen LogP contribution is -2.41. The van der Waals surface area contributed by atoms with E-state index in [1.807, 2.05) is 32.0 Å². The molecule has 0 fully saturated rings. The van der Waals surface area contributed by atoms with Crippen LogP contribution >= 0.6 is 11.6 Å². The van der Waals surface area contributed by atoms with Crippen LogP contribution in [0.15, 0.2) is 24.3 Å². The Morgan fingerprint density at radius 3 is 2.57 bits per heavy atom. The predicted molar refractivity (Wildman–Crippen MR) is 84.2 cm³/mol. The van der Waals surface area contributed by atoms with Crippen molar-refractivity contribution in [2.45, 2.75) is 26.3 Å². The van der Waals surface area contributed by atoms with E-state index in [4.69, 9.17) is 11.6 Å². The van der Waals surface area contributed by atoms with Gasteiger partial charge in [-0.2, -0.15) is 0 Å². The summed E-state index contributed by atoms with van der Waals surface area (Å²) in [5, 5.41) is 9.02. The maximum Gasteiger partial charge on any atom is 0.239 e. The molecule has 5 nitrogen and oxygen atoms in total. The van der Waals surface area contributed by atoms with Crippen LogP contribution in [0.1, 0.15) is 31.9 Å². The molecule has 1 aromatic rings. The monoisotopic (exact) mass is 311 g/mol. The Kier molecular flexibility index (Phi) is 7.79. The van der Waals surface area contributed by atoms with Crippen LogP contribution in [-0.2, 0) is 9.59 Å². The van der Waals surface area contributed by atoms with Crippen molar-refractivity contribution >= 4 is 23.4 Å². The molecule has 0 aliphatic rings. The summed E-state index contributed by atoms with van der Waals surface area (Å²) in [6.07, 6.45) is 0.873. The standard InChI is InChI=1S/C15H22ClN3O2/c1-3-7-17-14(20)10-19-15(21)9-18-11(2)12-5-4-6-13(16)8-12/h4-6,8,11,18H,3,7,9-10H2,1-2H3,(H,17,20)(H,19,21)/t11-/m0/s1. The van der Waals surface area contributed by atoms with Gasteiger partial charge in [0.2, 0.25) is 11.8 Å². The second-order valence-electron chi connectivity index (χ2n) is 4.78. The van der Waals surface area contributed by atoms with E-state index in [-0.39, 0.29) is 30.9 Å². The van der Waals surface area contributed by atoms with Crippen molar-refractivity contribution in [1.82, 2.24) is 16.0 Å². The van der Waals surface area contributed by atoms with Gasteiger partial charge < -0.3 is 16.0 Å². The Morgan fingerprint density at radius 1 is 1.19 bits per heavy atom. The molecule has 0 heterocycles. The Bertz CT molecular complexity index is 480. The summed E-state index contributed by atoms with van der Waals surface area (Å²) in [5.41, 5.74) is 1.01. The summed E-state index contributed by atoms with van der Waals surface area (Å²) in [6, 6.07) is 7.48. The highest BCUT2D eigenvalue weighted by Gasteiger charge is 2.09. The molecule has 0 aromatic heterocycles. The molecule has 1 aromatic carbocycles. The highest BCUT2D eigenvalue weighted by molar-refractivity contribution is 6.30. The third-order valence-corrected chi connectivity index (χ3v) is 3.17. The van der Waals surface area contributed by atoms with E-state index in [9.17, 15) is 9.59 Å². The topological polar surface area (TPSA) is 70.2 Å². The Balaban J connectivity index is 2.28. The van der Waals surface area contributed by atoms with Gasteiger partial charge >= 0.3 is 0 Å². The molecule has 0 unspecified atom stereocenters. The summed E-state index contributed by atoms with van der Waals surface area (Å²) in [5.74, 6) is -0.386. The summed E-state index contributed by atoms with van der Waals surface area (Å²) >= 11 is 5.93. The van der Waals surface area contributed by atoms with E-state index < -0.39 is 0 Å². The molecule has 0 bridgehead atoms. The largest absolute Gasteiger partial charge is 0.355 e. The molecule has 1 rings (SSSR count). The third-order valence-electron chi connectivity index (χ3n) is 2.94. The number of hydrogen-bond acceptors (Lipinski definition) is 3. The molecular weight excluding hydrogens is 290 g/mol. The van der Waals surface area contributed by atoms with Crippen LogP contribution in [0, 0.1) is 0 Å². The van der Waals surface area contributed by atoms with E-state index in [2.05, 4.69) is 16.0 Å². The number of nitrogens with one attached hydrogen (secondary N) is 3. The van der Waals surface area contributed by atoms with Crippen LogP contribution in [0.4, 0.5) is 0 Å². The predicted octanol–water partition coefficient (Wildman–Crippen LogP) is 1.63. The van der Waals surface area contributed by atoms with Crippen molar-refractivity contribution in [3.63, 3.8) is 0 Å². The van der Waals surface area contributed by atoms with Gasteiger partial charge in [-0.05, 0) is 31.0 Å². The first kappa shape index (κ1) is 17.5. The fourth-order valence-corrected chi connectivity index (χ4v) is 1.91. The van der Waals surface area contributed by atoms with Crippen LogP contribution in [0.2, 0.25) is 5.02 Å². The maximum absolute atomic E-state index is 11.6. The first-order valence-corrected chi connectivity index (χ1v) is 7.43. The number of hydrogen-bond donors (Lipinski definition) is 3. The van der Waals surface area contributed by atoms with Crippen molar-refractivity contribution in [3.05, 3.63) is 34.9 Å². The van der Waals surface area contributed by atoms with Crippen LogP contribution in [0.3, 0.4) is 0 Å². The van der Waals surface area contributed by atoms with Gasteiger partial charge in [-0.25, -0.2) is 0 Å². The quantitative estimate of drug-likeness (QED) is 0.683. The molecule has 0 aliphatic heterocycles. The molecule has 3 N–H and O–H groups in total. The molecule has 0 saturated heterocycles. The van der Waals surface area contributed by atoms with Crippen LogP contribution in [0.25, 0.3) is 0 Å². The second kappa shape index (κ2) is 9.37. The zero-order valence-electron chi connectivity index (χ0n) is 12.4. The molecule has 0 radical (unpaired) electrons. The van der Waals surface area contributed by atoms with Gasteiger partial charge in [0.05, 0.1) is 13.1 Å². The fraction of sp³-hybridized carbons (Fsp3) is 0.467. The molecule has 0 aliphatic carbocycles. The number of rotatable bonds is 8. The lowest BCUT2D eigenvalue weighted by Gasteiger charge is -2.14. The minimum atomic E-state index is -0.212. The highest BCUT2D eigenvalue weighted by atomic mass is 35.5. The minimum Gasteiger partial charge on any atom is -0.355 e. The SMILES string of the molecule is CCCNC(=O)CNC(=O)CN[C@@H](C)c1cccc(Cl)c1. The van der Waals surface area contributed by atoms with Gasteiger partial charge in [0, 0.05) is 17.6 Å². The van der Waals surface area contributed by atoms with Crippen LogP contribution < -0.4 is 16.0 Å². The molecule has 2 amide bonds. The van der Waals surface area contributed by atoms with Gasteiger partial charge in [0.25, 0.3) is 0 Å². The fourth-order valence-electron chi connectivity index (χ4n) is 1.71. The van der Waals surface area contributed by atoms with Gasteiger partial charge in [0.1, 0.15) is 0 Å². The summed E-state index contributed by atoms with van der Waals surface area (Å²) in [4.78, 5) is 23.0. The van der Waals surface area contributed by atoms with Crippen molar-refractivity contribution in [2.24, 2.45) is 0 Å². The minimum absolute atomic E-state index is 0.00312. The Hall–Kier alpha value is -1.59. The lowest BCUT2D eigenvalue weighted by molar-refractivity contribution is -0.125. The van der Waals surface area contributed by atoms with Gasteiger partial charge in [-0.15, -0.1) is 0 Å². The summed E-state index contributed by atoms with van der Waals surface area (Å²) in [7, 11) is 0. The second-order valence-corrected chi connectivity index (χ2v) is 5.22. The van der Waals surface area contributed by atoms with Gasteiger partial charge in [-0.1, -0.05) is 30.7 Å². The maximum atomic E-state index is 11.6. The van der Waals surface area contributed by atoms with Crippen molar-refractivity contribution < 1.29 is 9.59 Å². The zero-order valence-corrected chi connectivity index (χ0v) is 13.2. The highest BCUT2D eigenvalue weighted by Crippen LogP contribution is 2.16. The lowest BCUT2D eigenvalue weighted by atomic mass is 10.1. The summed E-state index contributed by atoms with van der Waals surface area (Å²) < 4.78 is 0. The number of carbonyl (C=O) groups excluding carboxylic acids is 2. The van der Waals surface area contributed by atoms with E-state index >= 15 is 0 Å². The van der Waals surface area contributed by atoms with Gasteiger partial charge in [-0.3, -0.25) is 9.59 Å². The van der Waals surface area contributed by atoms with E-state index in [0.29, 0.717) is 11.6 Å².